The van der Waals surface area contributed by atoms with Crippen LogP contribution in [0.4, 0.5) is 5.69 Å². The summed E-state index contributed by atoms with van der Waals surface area (Å²) in [6, 6.07) is 6.37. The molecule has 3 nitrogen and oxygen atoms in total. The SMILES string of the molecule is CC(C)C(CCCN)c1ccc2c(c1)CC(=O)N2. The van der Waals surface area contributed by atoms with Crippen molar-refractivity contribution in [2.75, 3.05) is 11.9 Å². The van der Waals surface area contributed by atoms with Crippen LogP contribution in [0.2, 0.25) is 0 Å². The predicted molar refractivity (Wildman–Crippen MR) is 74.6 cm³/mol. The van der Waals surface area contributed by atoms with Crippen molar-refractivity contribution in [1.29, 1.82) is 0 Å². The first kappa shape index (κ1) is 13.1. The monoisotopic (exact) mass is 246 g/mol. The molecule has 1 aromatic rings. The van der Waals surface area contributed by atoms with E-state index in [0.717, 1.165) is 30.6 Å². The quantitative estimate of drug-likeness (QED) is 0.839. The number of carbonyl (C=O) groups excluding carboxylic acids is 1. The number of hydrogen-bond acceptors (Lipinski definition) is 2. The highest BCUT2D eigenvalue weighted by atomic mass is 16.1. The summed E-state index contributed by atoms with van der Waals surface area (Å²) in [5, 5.41) is 2.88. The van der Waals surface area contributed by atoms with Crippen molar-refractivity contribution in [3.8, 4) is 0 Å². The molecule has 1 aliphatic rings. The van der Waals surface area contributed by atoms with E-state index in [9.17, 15) is 4.79 Å². The summed E-state index contributed by atoms with van der Waals surface area (Å²) < 4.78 is 0. The Morgan fingerprint density at radius 1 is 1.39 bits per heavy atom. The molecule has 0 spiro atoms. The van der Waals surface area contributed by atoms with Crippen molar-refractivity contribution in [3.05, 3.63) is 29.3 Å². The summed E-state index contributed by atoms with van der Waals surface area (Å²) in [5.41, 5.74) is 9.06. The summed E-state index contributed by atoms with van der Waals surface area (Å²) in [4.78, 5) is 11.4. The highest BCUT2D eigenvalue weighted by Gasteiger charge is 2.21. The first-order valence-electron chi connectivity index (χ1n) is 6.74. The van der Waals surface area contributed by atoms with E-state index in [-0.39, 0.29) is 5.91 Å². The third kappa shape index (κ3) is 2.72. The molecule has 98 valence electrons. The topological polar surface area (TPSA) is 55.1 Å². The third-order valence-electron chi connectivity index (χ3n) is 3.71. The first-order valence-corrected chi connectivity index (χ1v) is 6.74. The minimum Gasteiger partial charge on any atom is -0.330 e. The fraction of sp³-hybridized carbons (Fsp3) is 0.533. The Balaban J connectivity index is 2.21. The fourth-order valence-electron chi connectivity index (χ4n) is 2.70. The van der Waals surface area contributed by atoms with Gasteiger partial charge >= 0.3 is 0 Å². The number of fused-ring (bicyclic) bond motifs is 1. The van der Waals surface area contributed by atoms with Crippen molar-refractivity contribution >= 4 is 11.6 Å². The number of nitrogens with one attached hydrogen (secondary N) is 1. The summed E-state index contributed by atoms with van der Waals surface area (Å²) in [6.07, 6.45) is 2.69. The molecule has 0 radical (unpaired) electrons. The van der Waals surface area contributed by atoms with Crippen molar-refractivity contribution in [3.63, 3.8) is 0 Å². The summed E-state index contributed by atoms with van der Waals surface area (Å²) in [6.45, 7) is 5.24. The lowest BCUT2D eigenvalue weighted by Gasteiger charge is -2.21. The van der Waals surface area contributed by atoms with E-state index in [1.807, 2.05) is 6.07 Å². The average Bonchev–Trinajstić information content (AvgIpc) is 2.68. The molecular weight excluding hydrogens is 224 g/mol. The van der Waals surface area contributed by atoms with E-state index in [0.29, 0.717) is 18.3 Å². The molecule has 1 aliphatic heterocycles. The summed E-state index contributed by atoms with van der Waals surface area (Å²) in [7, 11) is 0. The van der Waals surface area contributed by atoms with Gasteiger partial charge in [-0.05, 0) is 48.4 Å². The van der Waals surface area contributed by atoms with Gasteiger partial charge in [-0.2, -0.15) is 0 Å². The maximum atomic E-state index is 11.4. The maximum Gasteiger partial charge on any atom is 0.228 e. The lowest BCUT2D eigenvalue weighted by molar-refractivity contribution is -0.115. The summed E-state index contributed by atoms with van der Waals surface area (Å²) >= 11 is 0. The Bertz CT molecular complexity index is 440. The molecule has 2 rings (SSSR count). The molecule has 0 fully saturated rings. The molecule has 0 aromatic heterocycles. The highest BCUT2D eigenvalue weighted by Crippen LogP contribution is 2.33. The van der Waals surface area contributed by atoms with Crippen molar-refractivity contribution < 1.29 is 4.79 Å². The average molecular weight is 246 g/mol. The molecule has 1 unspecified atom stereocenters. The first-order chi connectivity index (χ1) is 8.61. The number of rotatable bonds is 5. The Morgan fingerprint density at radius 3 is 2.83 bits per heavy atom. The number of anilines is 1. The molecule has 0 aliphatic carbocycles. The van der Waals surface area contributed by atoms with Crippen LogP contribution in [0.25, 0.3) is 0 Å². The van der Waals surface area contributed by atoms with E-state index in [4.69, 9.17) is 5.73 Å². The van der Waals surface area contributed by atoms with Crippen LogP contribution in [0.3, 0.4) is 0 Å². The van der Waals surface area contributed by atoms with Crippen LogP contribution in [0.15, 0.2) is 18.2 Å². The fourth-order valence-corrected chi connectivity index (χ4v) is 2.70. The zero-order valence-electron chi connectivity index (χ0n) is 11.2. The standard InChI is InChI=1S/C15H22N2O/c1-10(2)13(4-3-7-16)11-5-6-14-12(8-11)9-15(18)17-14/h5-6,8,10,13H,3-4,7,9,16H2,1-2H3,(H,17,18). The van der Waals surface area contributed by atoms with Crippen molar-refractivity contribution in [2.24, 2.45) is 11.7 Å². The molecule has 0 saturated carbocycles. The molecule has 1 amide bonds. The van der Waals surface area contributed by atoms with Gasteiger partial charge in [0.2, 0.25) is 5.91 Å². The second kappa shape index (κ2) is 5.53. The molecular formula is C15H22N2O. The number of hydrogen-bond donors (Lipinski definition) is 2. The van der Waals surface area contributed by atoms with Crippen LogP contribution >= 0.6 is 0 Å². The van der Waals surface area contributed by atoms with E-state index in [1.165, 1.54) is 5.56 Å². The van der Waals surface area contributed by atoms with Gasteiger partial charge < -0.3 is 11.1 Å². The Morgan fingerprint density at radius 2 is 2.17 bits per heavy atom. The lowest BCUT2D eigenvalue weighted by atomic mass is 9.84. The number of carbonyl (C=O) groups is 1. The second-order valence-electron chi connectivity index (χ2n) is 5.42. The van der Waals surface area contributed by atoms with Gasteiger partial charge in [0, 0.05) is 5.69 Å². The normalized spacial score (nSPS) is 15.7. The van der Waals surface area contributed by atoms with Gasteiger partial charge in [-0.3, -0.25) is 4.79 Å². The van der Waals surface area contributed by atoms with E-state index < -0.39 is 0 Å². The van der Waals surface area contributed by atoms with Gasteiger partial charge in [0.15, 0.2) is 0 Å². The van der Waals surface area contributed by atoms with Gasteiger partial charge in [0.1, 0.15) is 0 Å². The predicted octanol–water partition coefficient (Wildman–Crippen LogP) is 2.66. The van der Waals surface area contributed by atoms with E-state index in [2.05, 4.69) is 31.3 Å². The third-order valence-corrected chi connectivity index (χ3v) is 3.71. The molecule has 1 aromatic carbocycles. The van der Waals surface area contributed by atoms with Crippen LogP contribution in [0.1, 0.15) is 43.7 Å². The molecule has 1 heterocycles. The summed E-state index contributed by atoms with van der Waals surface area (Å²) in [5.74, 6) is 1.24. The highest BCUT2D eigenvalue weighted by molar-refractivity contribution is 5.99. The van der Waals surface area contributed by atoms with Gasteiger partial charge in [-0.25, -0.2) is 0 Å². The maximum absolute atomic E-state index is 11.4. The van der Waals surface area contributed by atoms with E-state index in [1.54, 1.807) is 0 Å². The smallest absolute Gasteiger partial charge is 0.228 e. The minimum atomic E-state index is 0.102. The molecule has 3 heteroatoms. The Labute approximate surface area is 109 Å². The van der Waals surface area contributed by atoms with Crippen LogP contribution in [0.5, 0.6) is 0 Å². The Kier molecular flexibility index (Phi) is 4.02. The van der Waals surface area contributed by atoms with Gasteiger partial charge in [0.25, 0.3) is 0 Å². The zero-order valence-corrected chi connectivity index (χ0v) is 11.2. The molecule has 18 heavy (non-hydrogen) atoms. The van der Waals surface area contributed by atoms with Gasteiger partial charge in [-0.1, -0.05) is 26.0 Å². The van der Waals surface area contributed by atoms with Gasteiger partial charge in [0.05, 0.1) is 6.42 Å². The minimum absolute atomic E-state index is 0.102. The number of amides is 1. The Hall–Kier alpha value is -1.35. The van der Waals surface area contributed by atoms with Gasteiger partial charge in [-0.15, -0.1) is 0 Å². The van der Waals surface area contributed by atoms with Crippen LogP contribution in [-0.2, 0) is 11.2 Å². The van der Waals surface area contributed by atoms with Crippen LogP contribution < -0.4 is 11.1 Å². The van der Waals surface area contributed by atoms with Crippen LogP contribution in [-0.4, -0.2) is 12.5 Å². The lowest BCUT2D eigenvalue weighted by Crippen LogP contribution is -2.10. The van der Waals surface area contributed by atoms with Crippen molar-refractivity contribution in [2.45, 2.75) is 39.0 Å². The second-order valence-corrected chi connectivity index (χ2v) is 5.42. The molecule has 3 N–H and O–H groups in total. The number of benzene rings is 1. The zero-order chi connectivity index (χ0) is 13.1. The van der Waals surface area contributed by atoms with E-state index >= 15 is 0 Å². The molecule has 0 saturated heterocycles. The number of nitrogens with two attached hydrogens (primary N) is 1. The van der Waals surface area contributed by atoms with Crippen molar-refractivity contribution in [1.82, 2.24) is 0 Å². The molecule has 0 bridgehead atoms. The largest absolute Gasteiger partial charge is 0.330 e. The van der Waals surface area contributed by atoms with Crippen LogP contribution in [0, 0.1) is 5.92 Å². The molecule has 1 atom stereocenters.